The van der Waals surface area contributed by atoms with Gasteiger partial charge in [-0.2, -0.15) is 0 Å². The summed E-state index contributed by atoms with van der Waals surface area (Å²) in [7, 11) is 0. The van der Waals surface area contributed by atoms with Crippen LogP contribution in [0.25, 0.3) is 0 Å². The molecule has 0 unspecified atom stereocenters. The Labute approximate surface area is 85.3 Å². The fourth-order valence-corrected chi connectivity index (χ4v) is 1.41. The lowest BCUT2D eigenvalue weighted by Crippen LogP contribution is -2.12. The van der Waals surface area contributed by atoms with Gasteiger partial charge in [0.1, 0.15) is 5.82 Å². The molecule has 0 aromatic heterocycles. The van der Waals surface area contributed by atoms with Gasteiger partial charge in [0.25, 0.3) is 0 Å². The molecule has 0 radical (unpaired) electrons. The molecule has 0 aliphatic heterocycles. The van der Waals surface area contributed by atoms with E-state index in [-0.39, 0.29) is 11.7 Å². The van der Waals surface area contributed by atoms with Crippen LogP contribution in [0, 0.1) is 5.82 Å². The fourth-order valence-electron chi connectivity index (χ4n) is 1.41. The Bertz CT molecular complexity index is 294. The van der Waals surface area contributed by atoms with Crippen LogP contribution in [-0.2, 0) is 6.54 Å². The largest absolute Gasteiger partial charge is 0.313 e. The van der Waals surface area contributed by atoms with Gasteiger partial charge < -0.3 is 5.32 Å². The Balaban J connectivity index is 2.83. The minimum atomic E-state index is -0.0970. The highest BCUT2D eigenvalue weighted by Crippen LogP contribution is 2.19. The zero-order valence-corrected chi connectivity index (χ0v) is 9.10. The van der Waals surface area contributed by atoms with Gasteiger partial charge in [0, 0.05) is 6.54 Å². The van der Waals surface area contributed by atoms with Crippen molar-refractivity contribution in [2.45, 2.75) is 33.2 Å². The summed E-state index contributed by atoms with van der Waals surface area (Å²) in [6, 6.07) is 5.34. The van der Waals surface area contributed by atoms with E-state index in [1.807, 2.05) is 26.0 Å². The monoisotopic (exact) mass is 195 g/mol. The van der Waals surface area contributed by atoms with E-state index in [1.165, 1.54) is 0 Å². The lowest BCUT2D eigenvalue weighted by molar-refractivity contribution is 0.596. The van der Waals surface area contributed by atoms with Crippen molar-refractivity contribution in [3.05, 3.63) is 35.1 Å². The molecule has 0 aliphatic rings. The minimum absolute atomic E-state index is 0.0970. The van der Waals surface area contributed by atoms with Gasteiger partial charge >= 0.3 is 0 Å². The second kappa shape index (κ2) is 5.11. The van der Waals surface area contributed by atoms with Gasteiger partial charge in [-0.3, -0.25) is 0 Å². The summed E-state index contributed by atoms with van der Waals surface area (Å²) in [6.07, 6.45) is 0. The number of benzene rings is 1. The van der Waals surface area contributed by atoms with Crippen LogP contribution in [0.1, 0.15) is 37.8 Å². The third-order valence-electron chi connectivity index (χ3n) is 2.26. The van der Waals surface area contributed by atoms with Crippen LogP contribution in [0.3, 0.4) is 0 Å². The van der Waals surface area contributed by atoms with E-state index in [1.54, 1.807) is 6.07 Å². The zero-order valence-electron chi connectivity index (χ0n) is 9.10. The van der Waals surface area contributed by atoms with E-state index in [2.05, 4.69) is 12.2 Å². The third kappa shape index (κ3) is 2.81. The number of nitrogens with one attached hydrogen (secondary N) is 1. The smallest absolute Gasteiger partial charge is 0.126 e. The number of hydrogen-bond acceptors (Lipinski definition) is 1. The van der Waals surface area contributed by atoms with Crippen molar-refractivity contribution in [1.29, 1.82) is 0 Å². The maximum Gasteiger partial charge on any atom is 0.126 e. The molecule has 1 N–H and O–H groups in total. The summed E-state index contributed by atoms with van der Waals surface area (Å²) in [5.74, 6) is 0.150. The maximum absolute atomic E-state index is 13.3. The van der Waals surface area contributed by atoms with E-state index < -0.39 is 0 Å². The Hall–Kier alpha value is -0.890. The van der Waals surface area contributed by atoms with Crippen LogP contribution in [0.15, 0.2) is 18.2 Å². The van der Waals surface area contributed by atoms with Gasteiger partial charge in [-0.1, -0.05) is 32.9 Å². The third-order valence-corrected chi connectivity index (χ3v) is 2.26. The lowest BCUT2D eigenvalue weighted by atomic mass is 10.00. The predicted octanol–water partition coefficient (Wildman–Crippen LogP) is 3.06. The maximum atomic E-state index is 13.3. The molecule has 0 atom stereocenters. The summed E-state index contributed by atoms with van der Waals surface area (Å²) in [6.45, 7) is 7.84. The van der Waals surface area contributed by atoms with E-state index in [9.17, 15) is 4.39 Å². The Morgan fingerprint density at radius 2 is 2.07 bits per heavy atom. The quantitative estimate of drug-likeness (QED) is 0.778. The van der Waals surface area contributed by atoms with E-state index in [0.29, 0.717) is 0 Å². The van der Waals surface area contributed by atoms with Gasteiger partial charge in [-0.05, 0) is 29.7 Å². The number of rotatable bonds is 4. The fraction of sp³-hybridized carbons (Fsp3) is 0.500. The van der Waals surface area contributed by atoms with Crippen LogP contribution in [0.5, 0.6) is 0 Å². The molecule has 0 bridgehead atoms. The first-order valence-electron chi connectivity index (χ1n) is 5.14. The summed E-state index contributed by atoms with van der Waals surface area (Å²) in [5, 5.41) is 3.23. The topological polar surface area (TPSA) is 12.0 Å². The SMILES string of the molecule is CCNCc1ccc(F)c(C(C)C)c1. The highest BCUT2D eigenvalue weighted by Gasteiger charge is 2.06. The molecule has 0 amide bonds. The lowest BCUT2D eigenvalue weighted by Gasteiger charge is -2.09. The highest BCUT2D eigenvalue weighted by atomic mass is 19.1. The van der Waals surface area contributed by atoms with Crippen LogP contribution < -0.4 is 5.32 Å². The van der Waals surface area contributed by atoms with Gasteiger partial charge in [-0.15, -0.1) is 0 Å². The van der Waals surface area contributed by atoms with Gasteiger partial charge in [0.15, 0.2) is 0 Å². The molecular weight excluding hydrogens is 177 g/mol. The first-order valence-corrected chi connectivity index (χ1v) is 5.14. The highest BCUT2D eigenvalue weighted by molar-refractivity contribution is 5.27. The summed E-state index contributed by atoms with van der Waals surface area (Å²) < 4.78 is 13.3. The first kappa shape index (κ1) is 11.2. The average Bonchev–Trinajstić information content (AvgIpc) is 2.16. The molecule has 14 heavy (non-hydrogen) atoms. The normalized spacial score (nSPS) is 10.9. The molecule has 1 rings (SSSR count). The van der Waals surface area contributed by atoms with Gasteiger partial charge in [0.05, 0.1) is 0 Å². The van der Waals surface area contributed by atoms with E-state index >= 15 is 0 Å². The summed E-state index contributed by atoms with van der Waals surface area (Å²) in [5.41, 5.74) is 1.96. The van der Waals surface area contributed by atoms with Crippen molar-refractivity contribution < 1.29 is 4.39 Å². The second-order valence-corrected chi connectivity index (χ2v) is 3.79. The Kier molecular flexibility index (Phi) is 4.08. The molecule has 0 heterocycles. The minimum Gasteiger partial charge on any atom is -0.313 e. The first-order chi connectivity index (χ1) is 6.65. The van der Waals surface area contributed by atoms with Crippen molar-refractivity contribution in [2.24, 2.45) is 0 Å². The van der Waals surface area contributed by atoms with Crippen molar-refractivity contribution in [3.8, 4) is 0 Å². The van der Waals surface area contributed by atoms with Crippen molar-refractivity contribution >= 4 is 0 Å². The second-order valence-electron chi connectivity index (χ2n) is 3.79. The van der Waals surface area contributed by atoms with Crippen LogP contribution in [0.2, 0.25) is 0 Å². The molecule has 78 valence electrons. The molecule has 0 aliphatic carbocycles. The Morgan fingerprint density at radius 1 is 1.36 bits per heavy atom. The molecule has 0 spiro atoms. The molecule has 0 fully saturated rings. The molecule has 1 aromatic carbocycles. The van der Waals surface area contributed by atoms with E-state index in [0.717, 1.165) is 24.2 Å². The standard InChI is InChI=1S/C12H18FN/c1-4-14-8-10-5-6-12(13)11(7-10)9(2)3/h5-7,9,14H,4,8H2,1-3H3. The van der Waals surface area contributed by atoms with Gasteiger partial charge in [-0.25, -0.2) is 4.39 Å². The molecular formula is C12H18FN. The Morgan fingerprint density at radius 3 is 2.64 bits per heavy atom. The molecule has 1 nitrogen and oxygen atoms in total. The van der Waals surface area contributed by atoms with Gasteiger partial charge in [0.2, 0.25) is 0 Å². The van der Waals surface area contributed by atoms with Crippen molar-refractivity contribution in [2.75, 3.05) is 6.54 Å². The van der Waals surface area contributed by atoms with Crippen LogP contribution >= 0.6 is 0 Å². The zero-order chi connectivity index (χ0) is 10.6. The molecule has 2 heteroatoms. The van der Waals surface area contributed by atoms with E-state index in [4.69, 9.17) is 0 Å². The molecule has 0 saturated carbocycles. The summed E-state index contributed by atoms with van der Waals surface area (Å²) in [4.78, 5) is 0. The molecule has 0 saturated heterocycles. The van der Waals surface area contributed by atoms with Crippen LogP contribution in [-0.4, -0.2) is 6.54 Å². The number of halogens is 1. The van der Waals surface area contributed by atoms with Crippen LogP contribution in [0.4, 0.5) is 4.39 Å². The van der Waals surface area contributed by atoms with Crippen molar-refractivity contribution in [1.82, 2.24) is 5.32 Å². The molecule has 1 aromatic rings. The summed E-state index contributed by atoms with van der Waals surface area (Å²) >= 11 is 0. The van der Waals surface area contributed by atoms with Crippen molar-refractivity contribution in [3.63, 3.8) is 0 Å². The predicted molar refractivity (Wildman–Crippen MR) is 57.9 cm³/mol. The average molecular weight is 195 g/mol. The number of hydrogen-bond donors (Lipinski definition) is 1.